The van der Waals surface area contributed by atoms with E-state index in [4.69, 9.17) is 23.7 Å². The van der Waals surface area contributed by atoms with E-state index in [-0.39, 0.29) is 6.61 Å². The Morgan fingerprint density at radius 1 is 1.07 bits per heavy atom. The third-order valence-electron chi connectivity index (χ3n) is 4.14. The highest BCUT2D eigenvalue weighted by atomic mass is 16.6. The van der Waals surface area contributed by atoms with Gasteiger partial charge in [-0.05, 0) is 36.2 Å². The van der Waals surface area contributed by atoms with E-state index in [2.05, 4.69) is 11.9 Å². The predicted octanol–water partition coefficient (Wildman–Crippen LogP) is 2.76. The Kier molecular flexibility index (Phi) is 7.15. The third-order valence-corrected chi connectivity index (χ3v) is 4.14. The van der Waals surface area contributed by atoms with Gasteiger partial charge in [-0.25, -0.2) is 4.79 Å². The fourth-order valence-electron chi connectivity index (χ4n) is 2.77. The number of allylic oxidation sites excluding steroid dienone is 1. The van der Waals surface area contributed by atoms with Gasteiger partial charge in [-0.15, -0.1) is 6.58 Å². The second-order valence-corrected chi connectivity index (χ2v) is 6.33. The fraction of sp³-hybridized carbons (Fsp3) is 0.273. The van der Waals surface area contributed by atoms with Crippen LogP contribution in [0.5, 0.6) is 23.0 Å². The lowest BCUT2D eigenvalue weighted by atomic mass is 10.1. The minimum Gasteiger partial charge on any atom is -0.493 e. The molecule has 1 heterocycles. The number of esters is 1. The van der Waals surface area contributed by atoms with E-state index in [9.17, 15) is 9.59 Å². The number of carbonyl (C=O) groups is 2. The minimum atomic E-state index is -0.676. The van der Waals surface area contributed by atoms with Crippen molar-refractivity contribution in [2.24, 2.45) is 0 Å². The number of methoxy groups -OCH3 is 1. The molecule has 0 atom stereocenters. The molecule has 158 valence electrons. The number of nitrogens with one attached hydrogen (secondary N) is 1. The van der Waals surface area contributed by atoms with Gasteiger partial charge in [-0.1, -0.05) is 12.1 Å². The first kappa shape index (κ1) is 21.0. The van der Waals surface area contributed by atoms with E-state index in [1.54, 1.807) is 30.3 Å². The summed E-state index contributed by atoms with van der Waals surface area (Å²) in [6.45, 7) is 3.84. The molecule has 8 nitrogen and oxygen atoms in total. The summed E-state index contributed by atoms with van der Waals surface area (Å²) in [5, 5.41) is 2.64. The van der Waals surface area contributed by atoms with Gasteiger partial charge in [0.05, 0.1) is 7.11 Å². The van der Waals surface area contributed by atoms with Crippen LogP contribution in [-0.2, 0) is 20.7 Å². The number of fused-ring (bicyclic) bond motifs is 1. The lowest BCUT2D eigenvalue weighted by Crippen LogP contribution is -2.24. The molecular formula is C22H23NO7. The van der Waals surface area contributed by atoms with Crippen LogP contribution in [0.25, 0.3) is 0 Å². The Bertz CT molecular complexity index is 926. The van der Waals surface area contributed by atoms with Gasteiger partial charge in [0.25, 0.3) is 5.91 Å². The van der Waals surface area contributed by atoms with E-state index < -0.39 is 18.5 Å². The zero-order valence-corrected chi connectivity index (χ0v) is 16.6. The van der Waals surface area contributed by atoms with Gasteiger partial charge < -0.3 is 29.0 Å². The fourth-order valence-corrected chi connectivity index (χ4v) is 2.77. The number of hydrogen-bond acceptors (Lipinski definition) is 7. The molecule has 0 spiro atoms. The Hall–Kier alpha value is -3.68. The van der Waals surface area contributed by atoms with Crippen molar-refractivity contribution in [2.75, 3.05) is 38.9 Å². The predicted molar refractivity (Wildman–Crippen MR) is 109 cm³/mol. The lowest BCUT2D eigenvalue weighted by Gasteiger charge is -2.19. The van der Waals surface area contributed by atoms with Crippen LogP contribution in [0, 0.1) is 0 Å². The summed E-state index contributed by atoms with van der Waals surface area (Å²) in [4.78, 5) is 23.9. The number of hydrogen-bond donors (Lipinski definition) is 1. The van der Waals surface area contributed by atoms with Crippen LogP contribution in [0.3, 0.4) is 0 Å². The molecule has 1 aliphatic rings. The maximum absolute atomic E-state index is 12.0. The van der Waals surface area contributed by atoms with E-state index in [1.165, 1.54) is 7.11 Å². The molecular weight excluding hydrogens is 390 g/mol. The molecule has 0 saturated carbocycles. The number of carbonyl (C=O) groups excluding carboxylic acids is 2. The van der Waals surface area contributed by atoms with E-state index >= 15 is 0 Å². The molecule has 0 saturated heterocycles. The van der Waals surface area contributed by atoms with Crippen molar-refractivity contribution < 1.29 is 33.3 Å². The van der Waals surface area contributed by atoms with Crippen LogP contribution < -0.4 is 24.3 Å². The summed E-state index contributed by atoms with van der Waals surface area (Å²) in [5.41, 5.74) is 1.52. The summed E-state index contributed by atoms with van der Waals surface area (Å²) in [6.07, 6.45) is 2.47. The average Bonchev–Trinajstić information content (AvgIpc) is 2.76. The van der Waals surface area contributed by atoms with Crippen LogP contribution in [0.4, 0.5) is 5.69 Å². The molecule has 3 rings (SSSR count). The molecule has 1 aliphatic heterocycles. The van der Waals surface area contributed by atoms with Crippen molar-refractivity contribution in [3.8, 4) is 23.0 Å². The quantitative estimate of drug-likeness (QED) is 0.499. The van der Waals surface area contributed by atoms with Crippen LogP contribution in [0.2, 0.25) is 0 Å². The van der Waals surface area contributed by atoms with Crippen LogP contribution >= 0.6 is 0 Å². The SMILES string of the molecule is C=CCc1ccc(OCC(=O)OCC(=O)Nc2ccc3c(c2)OCCO3)c(OC)c1. The standard InChI is InChI=1S/C22H23NO7/c1-3-4-15-5-7-17(19(11-15)26-2)29-14-22(25)30-13-21(24)23-16-6-8-18-20(12-16)28-10-9-27-18/h3,5-8,11-12H,1,4,9-10,13-14H2,2H3,(H,23,24). The minimum absolute atomic E-state index is 0.353. The summed E-state index contributed by atoms with van der Waals surface area (Å²) < 4.78 is 26.6. The van der Waals surface area contributed by atoms with Crippen molar-refractivity contribution in [3.05, 3.63) is 54.6 Å². The molecule has 1 N–H and O–H groups in total. The number of benzene rings is 2. The molecule has 1 amide bonds. The first-order valence-corrected chi connectivity index (χ1v) is 9.35. The highest BCUT2D eigenvalue weighted by Crippen LogP contribution is 2.32. The van der Waals surface area contributed by atoms with Gasteiger partial charge in [0, 0.05) is 11.8 Å². The Labute approximate surface area is 174 Å². The smallest absolute Gasteiger partial charge is 0.344 e. The average molecular weight is 413 g/mol. The van der Waals surface area contributed by atoms with Crippen molar-refractivity contribution in [1.29, 1.82) is 0 Å². The highest BCUT2D eigenvalue weighted by molar-refractivity contribution is 5.93. The van der Waals surface area contributed by atoms with Gasteiger partial charge in [-0.2, -0.15) is 0 Å². The topological polar surface area (TPSA) is 92.3 Å². The normalized spacial score (nSPS) is 11.9. The number of anilines is 1. The van der Waals surface area contributed by atoms with Crippen molar-refractivity contribution in [3.63, 3.8) is 0 Å². The summed E-state index contributed by atoms with van der Waals surface area (Å²) >= 11 is 0. The first-order valence-electron chi connectivity index (χ1n) is 9.35. The highest BCUT2D eigenvalue weighted by Gasteiger charge is 2.14. The lowest BCUT2D eigenvalue weighted by molar-refractivity contribution is -0.149. The molecule has 8 heteroatoms. The van der Waals surface area contributed by atoms with E-state index in [0.29, 0.717) is 48.3 Å². The van der Waals surface area contributed by atoms with E-state index in [0.717, 1.165) is 5.56 Å². The molecule has 0 bridgehead atoms. The third kappa shape index (κ3) is 5.66. The van der Waals surface area contributed by atoms with Crippen molar-refractivity contribution >= 4 is 17.6 Å². The molecule has 0 aliphatic carbocycles. The molecule has 30 heavy (non-hydrogen) atoms. The zero-order valence-electron chi connectivity index (χ0n) is 16.6. The summed E-state index contributed by atoms with van der Waals surface area (Å²) in [5.74, 6) is 0.922. The van der Waals surface area contributed by atoms with Gasteiger partial charge in [0.1, 0.15) is 13.2 Å². The second kappa shape index (κ2) is 10.2. The Morgan fingerprint density at radius 3 is 2.63 bits per heavy atom. The molecule has 0 fully saturated rings. The number of rotatable bonds is 9. The molecule has 2 aromatic carbocycles. The molecule has 0 unspecified atom stereocenters. The Balaban J connectivity index is 1.45. The zero-order chi connectivity index (χ0) is 21.3. The monoisotopic (exact) mass is 413 g/mol. The Morgan fingerprint density at radius 2 is 1.87 bits per heavy atom. The largest absolute Gasteiger partial charge is 0.493 e. The molecule has 2 aromatic rings. The van der Waals surface area contributed by atoms with Gasteiger partial charge in [-0.3, -0.25) is 4.79 Å². The maximum atomic E-state index is 12.0. The van der Waals surface area contributed by atoms with Crippen molar-refractivity contribution in [2.45, 2.75) is 6.42 Å². The second-order valence-electron chi connectivity index (χ2n) is 6.33. The molecule has 0 aromatic heterocycles. The number of amides is 1. The number of ether oxygens (including phenoxy) is 5. The van der Waals surface area contributed by atoms with E-state index in [1.807, 2.05) is 12.1 Å². The van der Waals surface area contributed by atoms with Gasteiger partial charge in [0.15, 0.2) is 36.2 Å². The van der Waals surface area contributed by atoms with Gasteiger partial charge in [0.2, 0.25) is 0 Å². The first-order chi connectivity index (χ1) is 14.6. The summed E-state index contributed by atoms with van der Waals surface area (Å²) in [7, 11) is 1.51. The van der Waals surface area contributed by atoms with Crippen molar-refractivity contribution in [1.82, 2.24) is 0 Å². The molecule has 0 radical (unpaired) electrons. The maximum Gasteiger partial charge on any atom is 0.344 e. The van der Waals surface area contributed by atoms with Gasteiger partial charge >= 0.3 is 5.97 Å². The van der Waals surface area contributed by atoms with Crippen LogP contribution in [-0.4, -0.2) is 45.4 Å². The summed E-state index contributed by atoms with van der Waals surface area (Å²) in [6, 6.07) is 10.4. The van der Waals surface area contributed by atoms with Crippen LogP contribution in [0.15, 0.2) is 49.1 Å². The van der Waals surface area contributed by atoms with Crippen LogP contribution in [0.1, 0.15) is 5.56 Å².